The number of carboxylic acids is 1. The zero-order chi connectivity index (χ0) is 55.1. The summed E-state index contributed by atoms with van der Waals surface area (Å²) >= 11 is 0. The second kappa shape index (κ2) is 25.7. The monoisotopic (exact) mass is 1110 g/mol. The number of hydrogen-bond acceptors (Lipinski definition) is 34. The number of hydrogen-bond donors (Lipinski definition) is 21. The number of carbonyl (C=O) groups is 1. The molecule has 0 aromatic heterocycles. The average Bonchev–Trinajstić information content (AvgIpc) is 3.38. The minimum atomic E-state index is -2.31. The van der Waals surface area contributed by atoms with Gasteiger partial charge in [0.25, 0.3) is 0 Å². The van der Waals surface area contributed by atoms with E-state index in [1.165, 1.54) is 0 Å². The van der Waals surface area contributed by atoms with Gasteiger partial charge in [-0.3, -0.25) is 0 Å². The molecule has 7 rings (SSSR count). The molecule has 7 heterocycles. The van der Waals surface area contributed by atoms with Crippen LogP contribution >= 0.6 is 0 Å². The molecule has 0 aliphatic carbocycles. The summed E-state index contributed by atoms with van der Waals surface area (Å²) in [6, 6.07) is 0. The maximum Gasteiger partial charge on any atom is 0.335 e. The highest BCUT2D eigenvalue weighted by Gasteiger charge is 2.58. The summed E-state index contributed by atoms with van der Waals surface area (Å²) in [6.45, 7) is -5.27. The van der Waals surface area contributed by atoms with Gasteiger partial charge in [0.15, 0.2) is 50.1 Å². The predicted molar refractivity (Wildman–Crippen MR) is 220 cm³/mol. The SMILES string of the molecule is O=C(O)[C@H]1OC(O[C@H]2[C@@H](OC3OC[C@H](O)[C@H](O)[C@H]3O)[C@@H](CO)OC(O[C@H]3[C@@H](O)COC(OC[C@H]4OC(O[C@H]5[C@@H](O)[C@@H](CO)OC(O)[C@@H]5O)[C@H](O)[C@@H](OC5O[C@H](CO)[C@H](O)[C@H](O)[C@H]5O)[C@H]4O)[C@@H]3O)[C@@H]2O)[C@H](O)[C@@H](O)[C@H]1O. The normalized spacial score (nSPS) is 53.1. The zero-order valence-corrected chi connectivity index (χ0v) is 38.9. The molecule has 7 aliphatic rings. The van der Waals surface area contributed by atoms with Gasteiger partial charge in [-0.1, -0.05) is 0 Å². The van der Waals surface area contributed by atoms with Gasteiger partial charge in [-0.15, -0.1) is 0 Å². The summed E-state index contributed by atoms with van der Waals surface area (Å²) in [7, 11) is 0. The third kappa shape index (κ3) is 12.7. The standard InChI is InChI=1S/C40H66O35/c41-1-9-14(47)17(50)21(54)37(67-9)73-30-16(49)12(69-39(25(30)58)72-29-15(48)10(2-42)66-34(62)23(29)56)6-65-35-24(57)27(8(45)5-63-35)70-40-26(59)31(74-38-22(55)18(51)19(52)32(75-38)33(60)61)28(11(3-43)68-40)71-36-20(53)13(46)7(44)4-64-36/h7-32,34-59,62H,1-6H2,(H,60,61)/t7-,8-,9+,10+,11+,12+,13-,14-,15-,16-,17-,18-,19+,20+,21+,22+,23+,24+,25+,26+,27-,28-,29-,30-,31+,32-,34?,35?,36?,37?,38?,39?,40?/m0/s1. The molecule has 0 amide bonds. The van der Waals surface area contributed by atoms with Gasteiger partial charge in [0, 0.05) is 0 Å². The molecule has 7 aliphatic heterocycles. The molecule has 0 aromatic rings. The number of aliphatic carboxylic acids is 1. The van der Waals surface area contributed by atoms with Crippen molar-refractivity contribution < 1.29 is 174 Å². The molecule has 35 heteroatoms. The van der Waals surface area contributed by atoms with Crippen molar-refractivity contribution in [3.63, 3.8) is 0 Å². The van der Waals surface area contributed by atoms with Gasteiger partial charge in [0.2, 0.25) is 0 Å². The van der Waals surface area contributed by atoms with E-state index in [-0.39, 0.29) is 0 Å². The Morgan fingerprint density at radius 2 is 0.787 bits per heavy atom. The molecular formula is C40H66O35. The highest BCUT2D eigenvalue weighted by Crippen LogP contribution is 2.37. The number of ether oxygens (including phenoxy) is 13. The molecule has 33 atom stereocenters. The van der Waals surface area contributed by atoms with Gasteiger partial charge in [0.1, 0.15) is 153 Å². The van der Waals surface area contributed by atoms with Gasteiger partial charge in [-0.05, 0) is 0 Å². The Kier molecular flexibility index (Phi) is 20.9. The second-order valence-electron chi connectivity index (χ2n) is 18.7. The Hall–Kier alpha value is -1.85. The summed E-state index contributed by atoms with van der Waals surface area (Å²) in [4.78, 5) is 11.9. The van der Waals surface area contributed by atoms with Gasteiger partial charge < -0.3 is 169 Å². The lowest BCUT2D eigenvalue weighted by molar-refractivity contribution is -0.394. The van der Waals surface area contributed by atoms with E-state index >= 15 is 0 Å². The molecule has 0 saturated carbocycles. The highest BCUT2D eigenvalue weighted by atomic mass is 16.8. The number of carboxylic acid groups (broad SMARTS) is 1. The lowest BCUT2D eigenvalue weighted by atomic mass is 9.95. The van der Waals surface area contributed by atoms with Crippen LogP contribution in [0.5, 0.6) is 0 Å². The van der Waals surface area contributed by atoms with E-state index in [1.54, 1.807) is 0 Å². The van der Waals surface area contributed by atoms with Crippen molar-refractivity contribution in [1.82, 2.24) is 0 Å². The van der Waals surface area contributed by atoms with Crippen LogP contribution in [0, 0.1) is 0 Å². The van der Waals surface area contributed by atoms with Crippen LogP contribution in [0.1, 0.15) is 0 Å². The van der Waals surface area contributed by atoms with Gasteiger partial charge >= 0.3 is 5.97 Å². The number of aliphatic hydroxyl groups is 20. The van der Waals surface area contributed by atoms with E-state index in [4.69, 9.17) is 61.6 Å². The fourth-order valence-corrected chi connectivity index (χ4v) is 9.31. The van der Waals surface area contributed by atoms with E-state index in [1.807, 2.05) is 0 Å². The van der Waals surface area contributed by atoms with Gasteiger partial charge in [0.05, 0.1) is 39.6 Å². The molecule has 0 bridgehead atoms. The third-order valence-electron chi connectivity index (χ3n) is 13.7. The van der Waals surface area contributed by atoms with Crippen molar-refractivity contribution in [1.29, 1.82) is 0 Å². The number of aliphatic hydroxyl groups excluding tert-OH is 20. The summed E-state index contributed by atoms with van der Waals surface area (Å²) in [5.41, 5.74) is 0. The minimum Gasteiger partial charge on any atom is -0.479 e. The smallest absolute Gasteiger partial charge is 0.335 e. The Labute approximate surface area is 421 Å². The first kappa shape index (κ1) is 60.8. The fourth-order valence-electron chi connectivity index (χ4n) is 9.31. The van der Waals surface area contributed by atoms with E-state index in [0.29, 0.717) is 0 Å². The molecule has 75 heavy (non-hydrogen) atoms. The van der Waals surface area contributed by atoms with Crippen LogP contribution in [0.3, 0.4) is 0 Å². The summed E-state index contributed by atoms with van der Waals surface area (Å²) in [5.74, 6) is -1.84. The maximum absolute atomic E-state index is 11.9. The lowest BCUT2D eigenvalue weighted by Gasteiger charge is -2.49. The first-order chi connectivity index (χ1) is 35.4. The first-order valence-corrected chi connectivity index (χ1v) is 23.5. The van der Waals surface area contributed by atoms with Crippen LogP contribution in [-0.4, -0.2) is 356 Å². The lowest BCUT2D eigenvalue weighted by Crippen LogP contribution is -2.68. The molecular weight excluding hydrogens is 1040 g/mol. The Balaban J connectivity index is 1.10. The summed E-state index contributed by atoms with van der Waals surface area (Å²) < 4.78 is 72.1. The van der Waals surface area contributed by atoms with Gasteiger partial charge in [-0.2, -0.15) is 0 Å². The molecule has 0 radical (unpaired) electrons. The van der Waals surface area contributed by atoms with Crippen molar-refractivity contribution in [3.05, 3.63) is 0 Å². The van der Waals surface area contributed by atoms with Crippen LogP contribution in [0.2, 0.25) is 0 Å². The topological polar surface area (TPSA) is 562 Å². The van der Waals surface area contributed by atoms with Crippen molar-refractivity contribution in [2.24, 2.45) is 0 Å². The molecule has 7 unspecified atom stereocenters. The van der Waals surface area contributed by atoms with Crippen LogP contribution in [0.4, 0.5) is 0 Å². The van der Waals surface area contributed by atoms with Crippen molar-refractivity contribution in [2.45, 2.75) is 203 Å². The third-order valence-corrected chi connectivity index (χ3v) is 13.7. The largest absolute Gasteiger partial charge is 0.479 e. The van der Waals surface area contributed by atoms with Crippen LogP contribution < -0.4 is 0 Å². The van der Waals surface area contributed by atoms with Gasteiger partial charge in [-0.25, -0.2) is 4.79 Å². The van der Waals surface area contributed by atoms with Crippen molar-refractivity contribution in [2.75, 3.05) is 39.6 Å². The Morgan fingerprint density at radius 1 is 0.360 bits per heavy atom. The van der Waals surface area contributed by atoms with Crippen molar-refractivity contribution in [3.8, 4) is 0 Å². The van der Waals surface area contributed by atoms with E-state index in [9.17, 15) is 112 Å². The zero-order valence-electron chi connectivity index (χ0n) is 38.9. The van der Waals surface area contributed by atoms with E-state index in [2.05, 4.69) is 0 Å². The number of rotatable bonds is 17. The highest BCUT2D eigenvalue weighted by molar-refractivity contribution is 5.73. The van der Waals surface area contributed by atoms with E-state index in [0.717, 1.165) is 0 Å². The summed E-state index contributed by atoms with van der Waals surface area (Å²) in [5, 5.41) is 223. The predicted octanol–water partition coefficient (Wildman–Crippen LogP) is -14.9. The average molecular weight is 1110 g/mol. The minimum absolute atomic E-state index is 0.627. The Bertz CT molecular complexity index is 1790. The van der Waals surface area contributed by atoms with Crippen LogP contribution in [0.15, 0.2) is 0 Å². The molecule has 0 aromatic carbocycles. The van der Waals surface area contributed by atoms with Crippen LogP contribution in [0.25, 0.3) is 0 Å². The molecule has 21 N–H and O–H groups in total. The molecule has 7 saturated heterocycles. The van der Waals surface area contributed by atoms with Crippen LogP contribution in [-0.2, 0) is 66.4 Å². The molecule has 7 fully saturated rings. The first-order valence-electron chi connectivity index (χ1n) is 23.5. The Morgan fingerprint density at radius 3 is 1.40 bits per heavy atom. The summed E-state index contributed by atoms with van der Waals surface area (Å²) in [6.07, 6.45) is -66.3. The fraction of sp³-hybridized carbons (Fsp3) is 0.975. The quantitative estimate of drug-likeness (QED) is 0.0643. The maximum atomic E-state index is 11.9. The molecule has 35 nitrogen and oxygen atoms in total. The molecule has 436 valence electrons. The second-order valence-corrected chi connectivity index (χ2v) is 18.7. The van der Waals surface area contributed by atoms with E-state index < -0.39 is 248 Å². The molecule has 0 spiro atoms. The van der Waals surface area contributed by atoms with Crippen molar-refractivity contribution >= 4 is 5.97 Å².